The summed E-state index contributed by atoms with van der Waals surface area (Å²) in [5.41, 5.74) is 0. The number of likely N-dealkylation sites (tertiary alicyclic amines) is 1. The Hall–Kier alpha value is -0.570. The first-order chi connectivity index (χ1) is 9.48. The van der Waals surface area contributed by atoms with Crippen LogP contribution in [-0.2, 0) is 9.53 Å². The quantitative estimate of drug-likeness (QED) is 0.584. The summed E-state index contributed by atoms with van der Waals surface area (Å²) in [4.78, 5) is 12.1. The number of nitrogens with zero attached hydrogens (tertiary/aromatic N) is 1. The Kier molecular flexibility index (Phi) is 5.48. The third kappa shape index (κ3) is 4.47. The van der Waals surface area contributed by atoms with Gasteiger partial charge in [0.1, 0.15) is 0 Å². The van der Waals surface area contributed by atoms with Crippen molar-refractivity contribution >= 4 is 5.97 Å². The second-order valence-electron chi connectivity index (χ2n) is 7.62. The topological polar surface area (TPSA) is 26.3 Å². The Morgan fingerprint density at radius 3 is 2.50 bits per heavy atom. The van der Waals surface area contributed by atoms with E-state index in [9.17, 15) is 4.79 Å². The van der Waals surface area contributed by atoms with Gasteiger partial charge in [-0.15, -0.1) is 0 Å². The summed E-state index contributed by atoms with van der Waals surface area (Å²) < 4.78 is 6.49. The van der Waals surface area contributed by atoms with Crippen molar-refractivity contribution in [2.75, 3.05) is 33.3 Å². The fourth-order valence-corrected chi connectivity index (χ4v) is 3.97. The molecule has 0 aromatic heterocycles. The molecule has 0 bridgehead atoms. The van der Waals surface area contributed by atoms with E-state index < -0.39 is 0 Å². The second-order valence-corrected chi connectivity index (χ2v) is 7.62. The Balaban J connectivity index is 1.72. The molecule has 1 heterocycles. The normalized spacial score (nSPS) is 33.6. The molecule has 1 saturated carbocycles. The molecule has 0 aromatic rings. The van der Waals surface area contributed by atoms with Gasteiger partial charge in [-0.25, -0.2) is 4.79 Å². The van der Waals surface area contributed by atoms with Crippen molar-refractivity contribution in [1.82, 2.24) is 0 Å². The Bertz CT molecular complexity index is 323. The van der Waals surface area contributed by atoms with Crippen LogP contribution in [-0.4, -0.2) is 43.7 Å². The SMILES string of the molecule is C[C@@H]1CC[C@H](COC(=O)C[N+]2(C)CCCCC2)[C@H](C)C1. The third-order valence-electron chi connectivity index (χ3n) is 5.47. The molecule has 20 heavy (non-hydrogen) atoms. The molecule has 2 fully saturated rings. The molecule has 0 aromatic carbocycles. The number of carbonyl (C=O) groups excluding carboxylic acids is 1. The zero-order valence-electron chi connectivity index (χ0n) is 13.6. The summed E-state index contributed by atoms with van der Waals surface area (Å²) in [7, 11) is 2.20. The van der Waals surface area contributed by atoms with Crippen LogP contribution >= 0.6 is 0 Å². The molecule has 1 aliphatic heterocycles. The van der Waals surface area contributed by atoms with Crippen molar-refractivity contribution < 1.29 is 14.0 Å². The summed E-state index contributed by atoms with van der Waals surface area (Å²) in [5.74, 6) is 2.14. The van der Waals surface area contributed by atoms with Gasteiger partial charge < -0.3 is 9.22 Å². The molecule has 0 amide bonds. The molecule has 0 unspecified atom stereocenters. The number of piperidine rings is 1. The van der Waals surface area contributed by atoms with Crippen LogP contribution < -0.4 is 0 Å². The van der Waals surface area contributed by atoms with Gasteiger partial charge in [0, 0.05) is 0 Å². The first-order valence-electron chi connectivity index (χ1n) is 8.48. The number of hydrogen-bond donors (Lipinski definition) is 0. The Morgan fingerprint density at radius 1 is 1.15 bits per heavy atom. The van der Waals surface area contributed by atoms with Gasteiger partial charge in [-0.05, 0) is 49.9 Å². The highest BCUT2D eigenvalue weighted by molar-refractivity contribution is 5.70. The van der Waals surface area contributed by atoms with E-state index in [2.05, 4.69) is 20.9 Å². The van der Waals surface area contributed by atoms with Crippen LogP contribution in [0.2, 0.25) is 0 Å². The van der Waals surface area contributed by atoms with Gasteiger partial charge in [0.25, 0.3) is 0 Å². The van der Waals surface area contributed by atoms with Crippen molar-refractivity contribution in [2.45, 2.75) is 52.4 Å². The van der Waals surface area contributed by atoms with E-state index in [0.717, 1.165) is 23.5 Å². The molecule has 2 aliphatic rings. The van der Waals surface area contributed by atoms with Crippen molar-refractivity contribution in [1.29, 1.82) is 0 Å². The Labute approximate surface area is 124 Å². The minimum atomic E-state index is 0.0141. The monoisotopic (exact) mass is 282 g/mol. The summed E-state index contributed by atoms with van der Waals surface area (Å²) in [5, 5.41) is 0. The van der Waals surface area contributed by atoms with Gasteiger partial charge in [0.05, 0.1) is 26.7 Å². The van der Waals surface area contributed by atoms with Gasteiger partial charge >= 0.3 is 5.97 Å². The first kappa shape index (κ1) is 15.8. The van der Waals surface area contributed by atoms with Crippen molar-refractivity contribution in [3.63, 3.8) is 0 Å². The van der Waals surface area contributed by atoms with Crippen LogP contribution in [0.5, 0.6) is 0 Å². The lowest BCUT2D eigenvalue weighted by Gasteiger charge is -2.37. The fraction of sp³-hybridized carbons (Fsp3) is 0.941. The van der Waals surface area contributed by atoms with Crippen LogP contribution in [0.4, 0.5) is 0 Å². The smallest absolute Gasteiger partial charge is 0.361 e. The molecular formula is C17H32NO2+. The van der Waals surface area contributed by atoms with Gasteiger partial charge in [0.2, 0.25) is 0 Å². The molecule has 3 heteroatoms. The molecule has 3 nitrogen and oxygen atoms in total. The zero-order chi connectivity index (χ0) is 14.6. The highest BCUT2D eigenvalue weighted by Gasteiger charge is 2.30. The largest absolute Gasteiger partial charge is 0.461 e. The molecule has 116 valence electrons. The zero-order valence-corrected chi connectivity index (χ0v) is 13.6. The molecule has 2 rings (SSSR count). The summed E-state index contributed by atoms with van der Waals surface area (Å²) >= 11 is 0. The van der Waals surface area contributed by atoms with E-state index in [1.54, 1.807) is 0 Å². The third-order valence-corrected chi connectivity index (χ3v) is 5.47. The van der Waals surface area contributed by atoms with Crippen molar-refractivity contribution in [3.05, 3.63) is 0 Å². The van der Waals surface area contributed by atoms with E-state index in [4.69, 9.17) is 4.74 Å². The van der Waals surface area contributed by atoms with Crippen LogP contribution in [0.15, 0.2) is 0 Å². The second kappa shape index (κ2) is 6.93. The van der Waals surface area contributed by atoms with E-state index in [0.29, 0.717) is 25.0 Å². The minimum absolute atomic E-state index is 0.0141. The van der Waals surface area contributed by atoms with Gasteiger partial charge in [-0.3, -0.25) is 0 Å². The number of likely N-dealkylation sites (N-methyl/N-ethyl adjacent to an activating group) is 1. The fourth-order valence-electron chi connectivity index (χ4n) is 3.97. The average Bonchev–Trinajstić information content (AvgIpc) is 2.38. The van der Waals surface area contributed by atoms with Gasteiger partial charge in [0.15, 0.2) is 6.54 Å². The van der Waals surface area contributed by atoms with Crippen molar-refractivity contribution in [3.8, 4) is 0 Å². The van der Waals surface area contributed by atoms with E-state index in [-0.39, 0.29) is 5.97 Å². The maximum atomic E-state index is 12.1. The minimum Gasteiger partial charge on any atom is -0.461 e. The maximum absolute atomic E-state index is 12.1. The number of carbonyl (C=O) groups is 1. The molecular weight excluding hydrogens is 250 g/mol. The first-order valence-corrected chi connectivity index (χ1v) is 8.48. The number of ether oxygens (including phenoxy) is 1. The molecule has 1 saturated heterocycles. The van der Waals surface area contributed by atoms with Crippen LogP contribution in [0.3, 0.4) is 0 Å². The van der Waals surface area contributed by atoms with Crippen LogP contribution in [0.1, 0.15) is 52.4 Å². The lowest BCUT2D eigenvalue weighted by Crippen LogP contribution is -2.51. The average molecular weight is 282 g/mol. The molecule has 0 spiro atoms. The highest BCUT2D eigenvalue weighted by Crippen LogP contribution is 2.33. The van der Waals surface area contributed by atoms with Crippen molar-refractivity contribution in [2.24, 2.45) is 17.8 Å². The maximum Gasteiger partial charge on any atom is 0.361 e. The summed E-state index contributed by atoms with van der Waals surface area (Å²) in [6, 6.07) is 0. The number of hydrogen-bond acceptors (Lipinski definition) is 2. The van der Waals surface area contributed by atoms with Crippen LogP contribution in [0.25, 0.3) is 0 Å². The molecule has 0 N–H and O–H groups in total. The molecule has 1 aliphatic carbocycles. The number of rotatable bonds is 4. The highest BCUT2D eigenvalue weighted by atomic mass is 16.5. The van der Waals surface area contributed by atoms with Gasteiger partial charge in [-0.2, -0.15) is 0 Å². The lowest BCUT2D eigenvalue weighted by atomic mass is 9.76. The van der Waals surface area contributed by atoms with E-state index in [1.807, 2.05) is 0 Å². The van der Waals surface area contributed by atoms with E-state index in [1.165, 1.54) is 38.5 Å². The van der Waals surface area contributed by atoms with E-state index >= 15 is 0 Å². The Morgan fingerprint density at radius 2 is 1.85 bits per heavy atom. The standard InChI is InChI=1S/C17H32NO2/c1-14-7-8-16(15(2)11-14)13-20-17(19)12-18(3)9-5-4-6-10-18/h14-16H,4-13H2,1-3H3/q+1/t14-,15-,16-/m1/s1. The lowest BCUT2D eigenvalue weighted by molar-refractivity contribution is -0.907. The predicted molar refractivity (Wildman–Crippen MR) is 81.3 cm³/mol. The predicted octanol–water partition coefficient (Wildman–Crippen LogP) is 3.23. The summed E-state index contributed by atoms with van der Waals surface area (Å²) in [6.07, 6.45) is 7.63. The number of quaternary nitrogens is 1. The van der Waals surface area contributed by atoms with Crippen LogP contribution in [0, 0.1) is 17.8 Å². The molecule has 0 radical (unpaired) electrons. The van der Waals surface area contributed by atoms with Gasteiger partial charge in [-0.1, -0.05) is 20.3 Å². The summed E-state index contributed by atoms with van der Waals surface area (Å²) in [6.45, 7) is 8.12. The number of esters is 1. The molecule has 3 atom stereocenters.